The fraction of sp³-hybridized carbons (Fsp3) is 0.167. The van der Waals surface area contributed by atoms with Gasteiger partial charge in [-0.05, 0) is 31.2 Å². The first-order valence-electron chi connectivity index (χ1n) is 7.94. The minimum atomic E-state index is -4.48. The Hall–Kier alpha value is -3.36. The van der Waals surface area contributed by atoms with Gasteiger partial charge in [-0.1, -0.05) is 24.3 Å². The van der Waals surface area contributed by atoms with Crippen LogP contribution in [0.25, 0.3) is 10.8 Å². The van der Waals surface area contributed by atoms with Crippen LogP contribution in [0.15, 0.2) is 53.3 Å². The minimum Gasteiger partial charge on any atom is -0.299 e. The zero-order valence-electron chi connectivity index (χ0n) is 14.2. The Morgan fingerprint density at radius 2 is 1.81 bits per heavy atom. The number of hydrogen-bond acceptors (Lipinski definition) is 4. The van der Waals surface area contributed by atoms with Crippen molar-refractivity contribution in [3.05, 3.63) is 70.1 Å². The lowest BCUT2D eigenvalue weighted by Gasteiger charge is -2.12. The third kappa shape index (κ3) is 4.08. The summed E-state index contributed by atoms with van der Waals surface area (Å²) in [5, 5.41) is 5.24. The zero-order valence-corrected chi connectivity index (χ0v) is 14.2. The maximum atomic E-state index is 12.7. The van der Waals surface area contributed by atoms with Crippen LogP contribution in [-0.2, 0) is 17.5 Å². The monoisotopic (exact) mass is 376 g/mol. The van der Waals surface area contributed by atoms with Gasteiger partial charge in [-0.2, -0.15) is 18.3 Å². The van der Waals surface area contributed by atoms with Gasteiger partial charge < -0.3 is 0 Å². The molecule has 0 radical (unpaired) electrons. The number of benzene rings is 2. The molecule has 0 saturated carbocycles. The summed E-state index contributed by atoms with van der Waals surface area (Å²) in [7, 11) is 0. The van der Waals surface area contributed by atoms with E-state index in [1.807, 2.05) is 0 Å². The number of aromatic nitrogens is 2. The molecule has 1 aromatic heterocycles. The minimum absolute atomic E-state index is 0.0631. The van der Waals surface area contributed by atoms with Gasteiger partial charge in [0.05, 0.1) is 22.3 Å². The number of nitrogens with zero attached hydrogens (tertiary/aromatic N) is 2. The van der Waals surface area contributed by atoms with E-state index in [1.165, 1.54) is 12.1 Å². The van der Waals surface area contributed by atoms with Crippen molar-refractivity contribution in [3.63, 3.8) is 0 Å². The van der Waals surface area contributed by atoms with Crippen LogP contribution in [0.4, 0.5) is 18.9 Å². The molecular formula is C18H15F3N4O2. The normalized spacial score (nSPS) is 11.4. The number of anilines is 1. The number of halogens is 3. The predicted molar refractivity (Wildman–Crippen MR) is 93.9 cm³/mol. The topological polar surface area (TPSA) is 76.0 Å². The molecule has 0 aliphatic carbocycles. The van der Waals surface area contributed by atoms with Gasteiger partial charge in [0.2, 0.25) is 0 Å². The van der Waals surface area contributed by atoms with E-state index in [2.05, 4.69) is 16.0 Å². The number of alkyl halides is 3. The second kappa shape index (κ2) is 7.10. The molecule has 6 nitrogen and oxygen atoms in total. The van der Waals surface area contributed by atoms with E-state index in [1.54, 1.807) is 31.2 Å². The molecule has 9 heteroatoms. The van der Waals surface area contributed by atoms with E-state index >= 15 is 0 Å². The lowest BCUT2D eigenvalue weighted by atomic mass is 10.1. The number of amides is 1. The average Bonchev–Trinajstić information content (AvgIpc) is 2.64. The Bertz CT molecular complexity index is 1060. The Kier molecular flexibility index (Phi) is 4.85. The maximum Gasteiger partial charge on any atom is 0.416 e. The van der Waals surface area contributed by atoms with E-state index in [9.17, 15) is 22.8 Å². The van der Waals surface area contributed by atoms with Gasteiger partial charge in [-0.25, -0.2) is 4.68 Å². The Morgan fingerprint density at radius 3 is 2.52 bits per heavy atom. The first-order chi connectivity index (χ1) is 12.8. The summed E-state index contributed by atoms with van der Waals surface area (Å²) in [5.74, 6) is -0.628. The Labute approximate surface area is 151 Å². The molecule has 2 N–H and O–H groups in total. The number of rotatable bonds is 4. The lowest BCUT2D eigenvalue weighted by Crippen LogP contribution is -2.36. The fourth-order valence-electron chi connectivity index (χ4n) is 2.60. The summed E-state index contributed by atoms with van der Waals surface area (Å²) in [5.41, 5.74) is 4.05. The lowest BCUT2D eigenvalue weighted by molar-refractivity contribution is -0.137. The third-order valence-corrected chi connectivity index (χ3v) is 3.88. The quantitative estimate of drug-likeness (QED) is 0.687. The zero-order chi connectivity index (χ0) is 19.6. The highest BCUT2D eigenvalue weighted by Gasteiger charge is 2.30. The van der Waals surface area contributed by atoms with Gasteiger partial charge in [0.25, 0.3) is 11.5 Å². The number of nitrogens with one attached hydrogen (secondary N) is 2. The SMILES string of the molecule is Cc1nn(CC(=O)NNc2cccc(C(F)(F)F)c2)c(=O)c2ccccc12. The molecule has 3 aromatic rings. The van der Waals surface area contributed by atoms with E-state index < -0.39 is 23.2 Å². The number of carbonyl (C=O) groups is 1. The van der Waals surface area contributed by atoms with Crippen LogP contribution in [0.5, 0.6) is 0 Å². The largest absolute Gasteiger partial charge is 0.416 e. The molecule has 0 spiro atoms. The molecule has 1 heterocycles. The summed E-state index contributed by atoms with van der Waals surface area (Å²) in [6, 6.07) is 11.3. The van der Waals surface area contributed by atoms with Gasteiger partial charge in [0.15, 0.2) is 0 Å². The molecule has 0 aliphatic rings. The molecule has 3 rings (SSSR count). The van der Waals surface area contributed by atoms with E-state index in [0.717, 1.165) is 16.8 Å². The van der Waals surface area contributed by atoms with Gasteiger partial charge in [-0.3, -0.25) is 20.4 Å². The first-order valence-corrected chi connectivity index (χ1v) is 7.94. The standard InChI is InChI=1S/C18H15F3N4O2/c1-11-14-7-2-3-8-15(14)17(27)25(24-11)10-16(26)23-22-13-6-4-5-12(9-13)18(19,20)21/h2-9,22H,10H2,1H3,(H,23,26). The summed E-state index contributed by atoms with van der Waals surface area (Å²) in [6.07, 6.45) is -4.48. The van der Waals surface area contributed by atoms with Crippen molar-refractivity contribution in [1.29, 1.82) is 0 Å². The molecule has 0 bridgehead atoms. The van der Waals surface area contributed by atoms with Crippen LogP contribution in [0.3, 0.4) is 0 Å². The molecule has 27 heavy (non-hydrogen) atoms. The van der Waals surface area contributed by atoms with Gasteiger partial charge >= 0.3 is 6.18 Å². The van der Waals surface area contributed by atoms with Crippen molar-refractivity contribution in [2.75, 3.05) is 5.43 Å². The number of hydrogen-bond donors (Lipinski definition) is 2. The summed E-state index contributed by atoms with van der Waals surface area (Å²) in [6.45, 7) is 1.34. The van der Waals surface area contributed by atoms with Crippen LogP contribution in [-0.4, -0.2) is 15.7 Å². The highest BCUT2D eigenvalue weighted by atomic mass is 19.4. The van der Waals surface area contributed by atoms with Crippen molar-refractivity contribution < 1.29 is 18.0 Å². The molecule has 2 aromatic carbocycles. The predicted octanol–water partition coefficient (Wildman–Crippen LogP) is 2.87. The Balaban J connectivity index is 1.73. The summed E-state index contributed by atoms with van der Waals surface area (Å²) < 4.78 is 39.1. The van der Waals surface area contributed by atoms with Crippen LogP contribution >= 0.6 is 0 Å². The summed E-state index contributed by atoms with van der Waals surface area (Å²) in [4.78, 5) is 24.5. The second-order valence-electron chi connectivity index (χ2n) is 5.85. The van der Waals surface area contributed by atoms with E-state index in [4.69, 9.17) is 0 Å². The number of aryl methyl sites for hydroxylation is 1. The third-order valence-electron chi connectivity index (χ3n) is 3.88. The maximum absolute atomic E-state index is 12.7. The highest BCUT2D eigenvalue weighted by molar-refractivity contribution is 5.84. The van der Waals surface area contributed by atoms with Gasteiger partial charge in [-0.15, -0.1) is 0 Å². The molecular weight excluding hydrogens is 361 g/mol. The smallest absolute Gasteiger partial charge is 0.299 e. The van der Waals surface area contributed by atoms with Gasteiger partial charge in [0, 0.05) is 5.39 Å². The first kappa shape index (κ1) is 18.4. The van der Waals surface area contributed by atoms with Crippen LogP contribution in [0.1, 0.15) is 11.3 Å². The molecule has 0 aliphatic heterocycles. The number of fused-ring (bicyclic) bond motifs is 1. The van der Waals surface area contributed by atoms with Crippen LogP contribution in [0.2, 0.25) is 0 Å². The van der Waals surface area contributed by atoms with Crippen LogP contribution < -0.4 is 16.4 Å². The van der Waals surface area contributed by atoms with E-state index in [-0.39, 0.29) is 12.2 Å². The van der Waals surface area contributed by atoms with Crippen molar-refractivity contribution in [1.82, 2.24) is 15.2 Å². The molecule has 0 atom stereocenters. The molecule has 0 saturated heterocycles. The Morgan fingerprint density at radius 1 is 1.11 bits per heavy atom. The van der Waals surface area contributed by atoms with Crippen LogP contribution in [0, 0.1) is 6.92 Å². The molecule has 0 fully saturated rings. The second-order valence-corrected chi connectivity index (χ2v) is 5.85. The van der Waals surface area contributed by atoms with Gasteiger partial charge in [0.1, 0.15) is 6.54 Å². The van der Waals surface area contributed by atoms with Crippen molar-refractivity contribution >= 4 is 22.4 Å². The fourth-order valence-corrected chi connectivity index (χ4v) is 2.60. The molecule has 1 amide bonds. The summed E-state index contributed by atoms with van der Waals surface area (Å²) >= 11 is 0. The highest BCUT2D eigenvalue weighted by Crippen LogP contribution is 2.30. The van der Waals surface area contributed by atoms with Crippen molar-refractivity contribution in [2.24, 2.45) is 0 Å². The number of hydrazine groups is 1. The number of carbonyl (C=O) groups excluding carboxylic acids is 1. The van der Waals surface area contributed by atoms with Crippen molar-refractivity contribution in [2.45, 2.75) is 19.6 Å². The van der Waals surface area contributed by atoms with E-state index in [0.29, 0.717) is 16.5 Å². The molecule has 140 valence electrons. The molecule has 0 unspecified atom stereocenters. The van der Waals surface area contributed by atoms with Crippen molar-refractivity contribution in [3.8, 4) is 0 Å². The average molecular weight is 376 g/mol.